The van der Waals surface area contributed by atoms with Crippen LogP contribution >= 0.6 is 0 Å². The maximum Gasteiger partial charge on any atom is 0.305 e. The summed E-state index contributed by atoms with van der Waals surface area (Å²) in [5, 5.41) is 5.96. The summed E-state index contributed by atoms with van der Waals surface area (Å²) < 4.78 is 4.52. The monoisotopic (exact) mass is 244 g/mol. The minimum absolute atomic E-state index is 0.0687. The van der Waals surface area contributed by atoms with Gasteiger partial charge in [0.05, 0.1) is 7.11 Å². The number of hydrogen-bond donors (Lipinski definition) is 2. The molecular formula is C12H24N2O3. The van der Waals surface area contributed by atoms with Gasteiger partial charge in [0.2, 0.25) is 5.91 Å². The average molecular weight is 244 g/mol. The highest BCUT2D eigenvalue weighted by Gasteiger charge is 2.02. The smallest absolute Gasteiger partial charge is 0.305 e. The highest BCUT2D eigenvalue weighted by atomic mass is 16.5. The van der Waals surface area contributed by atoms with Gasteiger partial charge in [-0.25, -0.2) is 0 Å². The summed E-state index contributed by atoms with van der Waals surface area (Å²) in [6, 6.07) is 0. The summed E-state index contributed by atoms with van der Waals surface area (Å²) in [7, 11) is 1.38. The number of nitrogens with one attached hydrogen (secondary N) is 2. The molecule has 0 unspecified atom stereocenters. The lowest BCUT2D eigenvalue weighted by atomic mass is 10.2. The zero-order valence-electron chi connectivity index (χ0n) is 11.0. The van der Waals surface area contributed by atoms with Crippen molar-refractivity contribution in [3.05, 3.63) is 0 Å². The molecule has 0 aromatic rings. The number of hydrogen-bond acceptors (Lipinski definition) is 4. The molecule has 0 spiro atoms. The van der Waals surface area contributed by atoms with Crippen LogP contribution in [0.1, 0.15) is 33.1 Å². The Morgan fingerprint density at radius 3 is 2.47 bits per heavy atom. The topological polar surface area (TPSA) is 67.4 Å². The SMILES string of the molecule is COC(=O)CCCNCCC(=O)NCC(C)C. The summed E-state index contributed by atoms with van der Waals surface area (Å²) >= 11 is 0. The van der Waals surface area contributed by atoms with Crippen LogP contribution in [0.25, 0.3) is 0 Å². The predicted molar refractivity (Wildman–Crippen MR) is 66.6 cm³/mol. The van der Waals surface area contributed by atoms with Crippen LogP contribution in [0, 0.1) is 5.92 Å². The maximum atomic E-state index is 11.3. The highest BCUT2D eigenvalue weighted by molar-refractivity contribution is 5.76. The number of ether oxygens (including phenoxy) is 1. The predicted octanol–water partition coefficient (Wildman–Crippen LogP) is 0.691. The van der Waals surface area contributed by atoms with Crippen molar-refractivity contribution in [3.63, 3.8) is 0 Å². The quantitative estimate of drug-likeness (QED) is 0.462. The number of esters is 1. The summed E-state index contributed by atoms with van der Waals surface area (Å²) in [5.41, 5.74) is 0. The summed E-state index contributed by atoms with van der Waals surface area (Å²) in [6.45, 7) is 6.22. The van der Waals surface area contributed by atoms with E-state index in [9.17, 15) is 9.59 Å². The highest BCUT2D eigenvalue weighted by Crippen LogP contribution is 1.90. The Hall–Kier alpha value is -1.10. The molecule has 1 amide bonds. The van der Waals surface area contributed by atoms with E-state index in [0.29, 0.717) is 25.3 Å². The van der Waals surface area contributed by atoms with Gasteiger partial charge in [-0.2, -0.15) is 0 Å². The molecule has 0 aliphatic heterocycles. The molecule has 100 valence electrons. The number of carbonyl (C=O) groups is 2. The standard InChI is InChI=1S/C12H24N2O3/c1-10(2)9-14-11(15)6-8-13-7-4-5-12(16)17-3/h10,13H,4-9H2,1-3H3,(H,14,15). The maximum absolute atomic E-state index is 11.3. The van der Waals surface area contributed by atoms with Crippen LogP contribution < -0.4 is 10.6 Å². The van der Waals surface area contributed by atoms with Crippen molar-refractivity contribution in [3.8, 4) is 0 Å². The van der Waals surface area contributed by atoms with Crippen molar-refractivity contribution in [2.24, 2.45) is 5.92 Å². The molecule has 0 atom stereocenters. The molecular weight excluding hydrogens is 220 g/mol. The van der Waals surface area contributed by atoms with Crippen LogP contribution in [0.15, 0.2) is 0 Å². The molecule has 0 saturated carbocycles. The van der Waals surface area contributed by atoms with Crippen molar-refractivity contribution < 1.29 is 14.3 Å². The first-order chi connectivity index (χ1) is 8.06. The van der Waals surface area contributed by atoms with E-state index in [1.807, 2.05) is 0 Å². The Bertz CT molecular complexity index is 230. The minimum atomic E-state index is -0.193. The molecule has 0 aliphatic carbocycles. The fraction of sp³-hybridized carbons (Fsp3) is 0.833. The lowest BCUT2D eigenvalue weighted by molar-refractivity contribution is -0.140. The normalized spacial score (nSPS) is 10.4. The van der Waals surface area contributed by atoms with E-state index in [1.54, 1.807) is 0 Å². The van der Waals surface area contributed by atoms with E-state index in [-0.39, 0.29) is 11.9 Å². The zero-order valence-corrected chi connectivity index (χ0v) is 11.0. The first kappa shape index (κ1) is 15.9. The van der Waals surface area contributed by atoms with Crippen molar-refractivity contribution in [1.82, 2.24) is 10.6 Å². The van der Waals surface area contributed by atoms with Gasteiger partial charge in [-0.15, -0.1) is 0 Å². The Labute approximate surface area is 103 Å². The third-order valence-electron chi connectivity index (χ3n) is 2.20. The molecule has 0 bridgehead atoms. The lowest BCUT2D eigenvalue weighted by Crippen LogP contribution is -2.30. The Morgan fingerprint density at radius 2 is 1.88 bits per heavy atom. The Morgan fingerprint density at radius 1 is 1.18 bits per heavy atom. The van der Waals surface area contributed by atoms with Gasteiger partial charge in [-0.3, -0.25) is 9.59 Å². The zero-order chi connectivity index (χ0) is 13.1. The van der Waals surface area contributed by atoms with E-state index in [1.165, 1.54) is 7.11 Å². The first-order valence-corrected chi connectivity index (χ1v) is 6.10. The first-order valence-electron chi connectivity index (χ1n) is 6.10. The molecule has 0 rings (SSSR count). The van der Waals surface area contributed by atoms with Crippen LogP contribution in [-0.2, 0) is 14.3 Å². The van der Waals surface area contributed by atoms with Crippen molar-refractivity contribution >= 4 is 11.9 Å². The van der Waals surface area contributed by atoms with Crippen LogP contribution in [0.5, 0.6) is 0 Å². The lowest BCUT2D eigenvalue weighted by Gasteiger charge is -2.08. The molecule has 0 fully saturated rings. The number of carbonyl (C=O) groups excluding carboxylic acids is 2. The van der Waals surface area contributed by atoms with Crippen LogP contribution in [0.4, 0.5) is 0 Å². The summed E-state index contributed by atoms with van der Waals surface area (Å²) in [4.78, 5) is 22.1. The molecule has 17 heavy (non-hydrogen) atoms. The van der Waals surface area contributed by atoms with Crippen LogP contribution in [-0.4, -0.2) is 38.6 Å². The van der Waals surface area contributed by atoms with Gasteiger partial charge < -0.3 is 15.4 Å². The van der Waals surface area contributed by atoms with Gasteiger partial charge in [0.15, 0.2) is 0 Å². The van der Waals surface area contributed by atoms with E-state index in [4.69, 9.17) is 0 Å². The minimum Gasteiger partial charge on any atom is -0.469 e. The van der Waals surface area contributed by atoms with Gasteiger partial charge in [-0.1, -0.05) is 13.8 Å². The third kappa shape index (κ3) is 11.2. The van der Waals surface area contributed by atoms with E-state index in [0.717, 1.165) is 19.5 Å². The van der Waals surface area contributed by atoms with Crippen LogP contribution in [0.3, 0.4) is 0 Å². The molecule has 0 heterocycles. The fourth-order valence-electron chi connectivity index (χ4n) is 1.19. The average Bonchev–Trinajstić information content (AvgIpc) is 2.30. The van der Waals surface area contributed by atoms with Crippen LogP contribution in [0.2, 0.25) is 0 Å². The number of amides is 1. The molecule has 5 heteroatoms. The van der Waals surface area contributed by atoms with Gasteiger partial charge in [0, 0.05) is 25.9 Å². The van der Waals surface area contributed by atoms with Gasteiger partial charge in [0.25, 0.3) is 0 Å². The van der Waals surface area contributed by atoms with E-state index >= 15 is 0 Å². The van der Waals surface area contributed by atoms with E-state index < -0.39 is 0 Å². The molecule has 0 aromatic carbocycles. The number of methoxy groups -OCH3 is 1. The van der Waals surface area contributed by atoms with Gasteiger partial charge in [0.1, 0.15) is 0 Å². The fourth-order valence-corrected chi connectivity index (χ4v) is 1.19. The largest absolute Gasteiger partial charge is 0.469 e. The second-order valence-corrected chi connectivity index (χ2v) is 4.38. The van der Waals surface area contributed by atoms with Crippen molar-refractivity contribution in [2.45, 2.75) is 33.1 Å². The molecule has 2 N–H and O–H groups in total. The van der Waals surface area contributed by atoms with Gasteiger partial charge >= 0.3 is 5.97 Å². The summed E-state index contributed by atoms with van der Waals surface area (Å²) in [6.07, 6.45) is 1.63. The summed E-state index contributed by atoms with van der Waals surface area (Å²) in [5.74, 6) is 0.354. The molecule has 0 aromatic heterocycles. The number of rotatable bonds is 9. The molecule has 0 radical (unpaired) electrons. The van der Waals surface area contributed by atoms with Gasteiger partial charge in [-0.05, 0) is 18.9 Å². The molecule has 0 saturated heterocycles. The third-order valence-corrected chi connectivity index (χ3v) is 2.20. The van der Waals surface area contributed by atoms with Crippen molar-refractivity contribution in [2.75, 3.05) is 26.7 Å². The Kier molecular flexibility index (Phi) is 9.43. The molecule has 0 aliphatic rings. The molecule has 5 nitrogen and oxygen atoms in total. The van der Waals surface area contributed by atoms with E-state index in [2.05, 4.69) is 29.2 Å². The second-order valence-electron chi connectivity index (χ2n) is 4.38. The van der Waals surface area contributed by atoms with Crippen molar-refractivity contribution in [1.29, 1.82) is 0 Å². The Balaban J connectivity index is 3.27. The second kappa shape index (κ2) is 10.1.